The van der Waals surface area contributed by atoms with Gasteiger partial charge in [-0.15, -0.1) is 3.89 Å². The highest BCUT2D eigenvalue weighted by Crippen LogP contribution is 2.29. The van der Waals surface area contributed by atoms with Crippen LogP contribution < -0.4 is 10.6 Å². The van der Waals surface area contributed by atoms with Gasteiger partial charge in [0.25, 0.3) is 0 Å². The molecule has 0 spiro atoms. The van der Waals surface area contributed by atoms with Crippen molar-refractivity contribution >= 4 is 27.7 Å². The molecular weight excluding hydrogens is 361 g/mol. The normalized spacial score (nSPS) is 15.9. The van der Waals surface area contributed by atoms with Gasteiger partial charge in [0.1, 0.15) is 11.4 Å². The summed E-state index contributed by atoms with van der Waals surface area (Å²) in [5, 5.41) is 0. The lowest BCUT2D eigenvalue weighted by Gasteiger charge is -2.37. The van der Waals surface area contributed by atoms with Crippen LogP contribution in [-0.4, -0.2) is 51.2 Å². The molecule has 7 nitrogen and oxygen atoms in total. The van der Waals surface area contributed by atoms with Crippen LogP contribution in [0.3, 0.4) is 0 Å². The van der Waals surface area contributed by atoms with Crippen LogP contribution in [0.4, 0.5) is 20.1 Å². The summed E-state index contributed by atoms with van der Waals surface area (Å²) >= 11 is 0. The Morgan fingerprint density at radius 1 is 1.23 bits per heavy atom. The molecule has 1 saturated heterocycles. The smallest absolute Gasteiger partial charge is 0.410 e. The Morgan fingerprint density at radius 2 is 1.81 bits per heavy atom. The van der Waals surface area contributed by atoms with Crippen molar-refractivity contribution in [2.45, 2.75) is 39.0 Å². The van der Waals surface area contributed by atoms with Crippen LogP contribution >= 0.6 is 0 Å². The molecular formula is C17H26FN3O4S. The van der Waals surface area contributed by atoms with Crippen LogP contribution in [0.2, 0.25) is 0 Å². The third-order valence-electron chi connectivity index (χ3n) is 4.11. The van der Waals surface area contributed by atoms with Gasteiger partial charge in [0.15, 0.2) is 0 Å². The Bertz CT molecular complexity index is 782. The molecule has 1 heterocycles. The van der Waals surface area contributed by atoms with Crippen molar-refractivity contribution in [1.29, 1.82) is 0 Å². The standard InChI is InChI=1S/C17H26FN3O4S/c1-12-13(11-26(18,23)24)9-14(19)10-15(12)20-5-7-21(8-6-20)16(22)25-17(2,3)4/h9-10H,5-8,11,19H2,1-4H3. The van der Waals surface area contributed by atoms with Crippen molar-refractivity contribution in [2.24, 2.45) is 0 Å². The van der Waals surface area contributed by atoms with Gasteiger partial charge in [0.05, 0.1) is 0 Å². The zero-order valence-corrected chi connectivity index (χ0v) is 16.4. The minimum Gasteiger partial charge on any atom is -0.444 e. The predicted octanol–water partition coefficient (Wildman–Crippen LogP) is 2.43. The second kappa shape index (κ2) is 7.30. The fraction of sp³-hybridized carbons (Fsp3) is 0.588. The number of rotatable bonds is 3. The van der Waals surface area contributed by atoms with E-state index in [9.17, 15) is 17.1 Å². The van der Waals surface area contributed by atoms with Gasteiger partial charge in [-0.25, -0.2) is 4.79 Å². The van der Waals surface area contributed by atoms with Gasteiger partial charge in [-0.05, 0) is 51.0 Å². The monoisotopic (exact) mass is 387 g/mol. The molecule has 2 rings (SSSR count). The van der Waals surface area contributed by atoms with Gasteiger partial charge in [0, 0.05) is 37.6 Å². The molecule has 0 atom stereocenters. The van der Waals surface area contributed by atoms with Crippen LogP contribution in [0.5, 0.6) is 0 Å². The van der Waals surface area contributed by atoms with Gasteiger partial charge in [0.2, 0.25) is 0 Å². The highest BCUT2D eigenvalue weighted by molar-refractivity contribution is 7.85. The van der Waals surface area contributed by atoms with Crippen LogP contribution in [-0.2, 0) is 20.7 Å². The summed E-state index contributed by atoms with van der Waals surface area (Å²) in [7, 11) is -4.64. The minimum atomic E-state index is -4.64. The maximum Gasteiger partial charge on any atom is 0.410 e. The number of ether oxygens (including phenoxy) is 1. The highest BCUT2D eigenvalue weighted by atomic mass is 32.3. The van der Waals surface area contributed by atoms with E-state index in [0.717, 1.165) is 5.69 Å². The molecule has 9 heteroatoms. The summed E-state index contributed by atoms with van der Waals surface area (Å²) in [6, 6.07) is 3.22. The summed E-state index contributed by atoms with van der Waals surface area (Å²) in [4.78, 5) is 15.8. The second-order valence-electron chi connectivity index (χ2n) is 7.46. The van der Waals surface area contributed by atoms with Crippen LogP contribution in [0.1, 0.15) is 31.9 Å². The number of piperazine rings is 1. The van der Waals surface area contributed by atoms with Crippen molar-refractivity contribution in [3.8, 4) is 0 Å². The van der Waals surface area contributed by atoms with Gasteiger partial charge in [-0.2, -0.15) is 8.42 Å². The molecule has 1 fully saturated rings. The van der Waals surface area contributed by atoms with Gasteiger partial charge >= 0.3 is 16.3 Å². The lowest BCUT2D eigenvalue weighted by molar-refractivity contribution is 0.0240. The highest BCUT2D eigenvalue weighted by Gasteiger charge is 2.27. The maximum absolute atomic E-state index is 13.1. The molecule has 1 aromatic carbocycles. The first-order valence-corrected chi connectivity index (χ1v) is 9.95. The minimum absolute atomic E-state index is 0.345. The molecule has 0 aliphatic carbocycles. The quantitative estimate of drug-likeness (QED) is 0.632. The Hall–Kier alpha value is -2.03. The van der Waals surface area contributed by atoms with Crippen LogP contribution in [0.25, 0.3) is 0 Å². The first-order chi connectivity index (χ1) is 11.9. The Balaban J connectivity index is 2.13. The maximum atomic E-state index is 13.1. The Labute approximate surface area is 154 Å². The summed E-state index contributed by atoms with van der Waals surface area (Å²) in [6.45, 7) is 9.24. The number of carbonyl (C=O) groups is 1. The molecule has 1 aromatic rings. The van der Waals surface area contributed by atoms with E-state index in [1.54, 1.807) is 17.9 Å². The van der Waals surface area contributed by atoms with Crippen molar-refractivity contribution in [3.63, 3.8) is 0 Å². The van der Waals surface area contributed by atoms with Crippen LogP contribution in [0, 0.1) is 6.92 Å². The number of hydrogen-bond donors (Lipinski definition) is 1. The van der Waals surface area contributed by atoms with E-state index in [4.69, 9.17) is 10.5 Å². The molecule has 0 saturated carbocycles. The molecule has 1 aliphatic heterocycles. The molecule has 0 aromatic heterocycles. The molecule has 0 unspecified atom stereocenters. The summed E-state index contributed by atoms with van der Waals surface area (Å²) < 4.78 is 40.5. The zero-order valence-electron chi connectivity index (χ0n) is 15.6. The largest absolute Gasteiger partial charge is 0.444 e. The predicted molar refractivity (Wildman–Crippen MR) is 99.3 cm³/mol. The van der Waals surface area contributed by atoms with E-state index in [-0.39, 0.29) is 6.09 Å². The Kier molecular flexibility index (Phi) is 5.70. The summed E-state index contributed by atoms with van der Waals surface area (Å²) in [5.74, 6) is -0.700. The van der Waals surface area contributed by atoms with E-state index >= 15 is 0 Å². The number of nitrogen functional groups attached to an aromatic ring is 1. The van der Waals surface area contributed by atoms with Crippen molar-refractivity contribution in [2.75, 3.05) is 36.8 Å². The third kappa shape index (κ3) is 5.48. The van der Waals surface area contributed by atoms with E-state index in [2.05, 4.69) is 0 Å². The lowest BCUT2D eigenvalue weighted by Crippen LogP contribution is -2.50. The van der Waals surface area contributed by atoms with Crippen molar-refractivity contribution in [3.05, 3.63) is 23.3 Å². The average Bonchev–Trinajstić information content (AvgIpc) is 2.47. The molecule has 146 valence electrons. The van der Waals surface area contributed by atoms with Gasteiger partial charge in [-0.3, -0.25) is 0 Å². The fourth-order valence-electron chi connectivity index (χ4n) is 2.90. The third-order valence-corrected chi connectivity index (χ3v) is 4.77. The van der Waals surface area contributed by atoms with E-state index in [1.165, 1.54) is 6.07 Å². The molecule has 26 heavy (non-hydrogen) atoms. The van der Waals surface area contributed by atoms with Gasteiger partial charge < -0.3 is 20.3 Å². The first kappa shape index (κ1) is 20.3. The molecule has 0 bridgehead atoms. The van der Waals surface area contributed by atoms with E-state index in [0.29, 0.717) is 43.0 Å². The molecule has 2 N–H and O–H groups in total. The first-order valence-electron chi connectivity index (χ1n) is 8.40. The average molecular weight is 387 g/mol. The molecule has 0 radical (unpaired) electrons. The topological polar surface area (TPSA) is 92.9 Å². The van der Waals surface area contributed by atoms with Gasteiger partial charge in [-0.1, -0.05) is 0 Å². The SMILES string of the molecule is Cc1c(CS(=O)(=O)F)cc(N)cc1N1CCN(C(=O)OC(C)(C)C)CC1. The summed E-state index contributed by atoms with van der Waals surface area (Å²) in [5.41, 5.74) is 7.47. The molecule has 1 amide bonds. The molecule has 1 aliphatic rings. The number of nitrogens with zero attached hydrogens (tertiary/aromatic N) is 2. The van der Waals surface area contributed by atoms with Crippen molar-refractivity contribution in [1.82, 2.24) is 4.90 Å². The summed E-state index contributed by atoms with van der Waals surface area (Å²) in [6.07, 6.45) is -0.356. The fourth-order valence-corrected chi connectivity index (χ4v) is 3.57. The number of benzene rings is 1. The number of anilines is 2. The zero-order chi connectivity index (χ0) is 19.7. The number of nitrogens with two attached hydrogens (primary N) is 1. The van der Waals surface area contributed by atoms with Crippen LogP contribution in [0.15, 0.2) is 12.1 Å². The van der Waals surface area contributed by atoms with E-state index in [1.807, 2.05) is 25.7 Å². The Morgan fingerprint density at radius 3 is 2.31 bits per heavy atom. The lowest BCUT2D eigenvalue weighted by atomic mass is 10.1. The number of hydrogen-bond acceptors (Lipinski definition) is 6. The van der Waals surface area contributed by atoms with Crippen molar-refractivity contribution < 1.29 is 21.8 Å². The number of amides is 1. The number of halogens is 1. The second-order valence-corrected chi connectivity index (χ2v) is 8.83. The van der Waals surface area contributed by atoms with E-state index < -0.39 is 21.6 Å². The number of carbonyl (C=O) groups excluding carboxylic acids is 1.